The summed E-state index contributed by atoms with van der Waals surface area (Å²) < 4.78 is 4.94. The van der Waals surface area contributed by atoms with Gasteiger partial charge in [-0.2, -0.15) is 0 Å². The summed E-state index contributed by atoms with van der Waals surface area (Å²) in [5.74, 6) is -1.81. The molecule has 0 bridgehead atoms. The van der Waals surface area contributed by atoms with Crippen molar-refractivity contribution < 1.29 is 23.9 Å². The highest BCUT2D eigenvalue weighted by molar-refractivity contribution is 6.53. The van der Waals surface area contributed by atoms with E-state index in [1.54, 1.807) is 31.2 Å². The van der Waals surface area contributed by atoms with Crippen molar-refractivity contribution in [2.45, 2.75) is 19.8 Å². The molecule has 2 aromatic rings. The molecule has 3 amide bonds. The van der Waals surface area contributed by atoms with Gasteiger partial charge in [-0.25, -0.2) is 9.69 Å². The van der Waals surface area contributed by atoms with Crippen LogP contribution in [0.15, 0.2) is 59.3 Å². The van der Waals surface area contributed by atoms with E-state index in [4.69, 9.17) is 16.3 Å². The molecule has 0 saturated carbocycles. The summed E-state index contributed by atoms with van der Waals surface area (Å²) in [7, 11) is 0. The van der Waals surface area contributed by atoms with Gasteiger partial charge in [0.05, 0.1) is 17.9 Å². The third-order valence-electron chi connectivity index (χ3n) is 5.46. The van der Waals surface area contributed by atoms with Gasteiger partial charge in [-0.3, -0.25) is 14.4 Å². The molecule has 1 N–H and O–H groups in total. The lowest BCUT2D eigenvalue weighted by Crippen LogP contribution is -2.32. The normalized spacial score (nSPS) is 15.9. The number of halogens is 1. The molecular formula is C24H22ClN3O5. The molecule has 2 aromatic carbocycles. The number of carbonyl (C=O) groups excluding carboxylic acids is 4. The first-order valence-electron chi connectivity index (χ1n) is 10.6. The van der Waals surface area contributed by atoms with Crippen molar-refractivity contribution >= 4 is 46.7 Å². The number of likely N-dealkylation sites (tertiary alicyclic amines) is 1. The lowest BCUT2D eigenvalue weighted by Gasteiger charge is -2.16. The quantitative estimate of drug-likeness (QED) is 0.515. The molecule has 2 aliphatic rings. The smallest absolute Gasteiger partial charge is 0.338 e. The van der Waals surface area contributed by atoms with Crippen LogP contribution < -0.4 is 10.2 Å². The van der Waals surface area contributed by atoms with E-state index in [0.29, 0.717) is 16.8 Å². The highest BCUT2D eigenvalue weighted by atomic mass is 35.5. The van der Waals surface area contributed by atoms with Crippen molar-refractivity contribution in [3.63, 3.8) is 0 Å². The van der Waals surface area contributed by atoms with E-state index < -0.39 is 17.8 Å². The summed E-state index contributed by atoms with van der Waals surface area (Å²) in [6, 6.07) is 12.6. The predicted molar refractivity (Wildman–Crippen MR) is 123 cm³/mol. The maximum Gasteiger partial charge on any atom is 0.338 e. The van der Waals surface area contributed by atoms with Gasteiger partial charge < -0.3 is 15.0 Å². The fourth-order valence-electron chi connectivity index (χ4n) is 3.75. The number of nitrogens with zero attached hydrogens (tertiary/aromatic N) is 2. The number of hydrogen-bond acceptors (Lipinski definition) is 6. The monoisotopic (exact) mass is 467 g/mol. The molecule has 0 aromatic heterocycles. The van der Waals surface area contributed by atoms with Gasteiger partial charge in [0.1, 0.15) is 10.7 Å². The van der Waals surface area contributed by atoms with Crippen LogP contribution in [0.25, 0.3) is 0 Å². The van der Waals surface area contributed by atoms with Crippen LogP contribution in [-0.2, 0) is 14.3 Å². The Morgan fingerprint density at radius 2 is 1.55 bits per heavy atom. The number of ether oxygens (including phenoxy) is 1. The second kappa shape index (κ2) is 9.46. The van der Waals surface area contributed by atoms with Gasteiger partial charge in [0, 0.05) is 24.3 Å². The van der Waals surface area contributed by atoms with Crippen LogP contribution in [-0.4, -0.2) is 48.3 Å². The van der Waals surface area contributed by atoms with Crippen LogP contribution in [0.4, 0.5) is 11.4 Å². The first-order chi connectivity index (χ1) is 15.9. The third-order valence-corrected chi connectivity index (χ3v) is 5.81. The summed E-state index contributed by atoms with van der Waals surface area (Å²) in [5, 5.41) is 2.65. The number of amides is 3. The molecule has 2 heterocycles. The number of nitrogens with one attached hydrogen (secondary N) is 1. The number of esters is 1. The Morgan fingerprint density at radius 1 is 0.939 bits per heavy atom. The van der Waals surface area contributed by atoms with Gasteiger partial charge in [-0.1, -0.05) is 11.6 Å². The Morgan fingerprint density at radius 3 is 2.15 bits per heavy atom. The first kappa shape index (κ1) is 22.5. The molecule has 170 valence electrons. The predicted octanol–water partition coefficient (Wildman–Crippen LogP) is 3.54. The summed E-state index contributed by atoms with van der Waals surface area (Å²) in [5.41, 5.74) is 1.59. The highest BCUT2D eigenvalue weighted by Gasteiger charge is 2.39. The fraction of sp³-hybridized carbons (Fsp3) is 0.250. The molecule has 0 unspecified atom stereocenters. The zero-order valence-corrected chi connectivity index (χ0v) is 18.7. The van der Waals surface area contributed by atoms with Crippen LogP contribution in [0, 0.1) is 0 Å². The van der Waals surface area contributed by atoms with Crippen molar-refractivity contribution in [2.24, 2.45) is 0 Å². The largest absolute Gasteiger partial charge is 0.462 e. The second-order valence-electron chi connectivity index (χ2n) is 7.60. The van der Waals surface area contributed by atoms with Gasteiger partial charge in [0.25, 0.3) is 17.7 Å². The number of benzene rings is 2. The molecular weight excluding hydrogens is 446 g/mol. The average molecular weight is 468 g/mol. The standard InChI is InChI=1S/C24H22ClN3O5/c1-2-33-24(32)16-7-11-18(12-8-16)28-22(30)19(25)20(23(28)31)26-17-9-5-15(6-10-17)21(29)27-13-3-4-14-27/h5-12,26H,2-4,13-14H2,1H3. The van der Waals surface area contributed by atoms with Gasteiger partial charge in [-0.15, -0.1) is 0 Å². The minimum absolute atomic E-state index is 0.0270. The minimum Gasteiger partial charge on any atom is -0.462 e. The van der Waals surface area contributed by atoms with E-state index in [-0.39, 0.29) is 28.9 Å². The van der Waals surface area contributed by atoms with Crippen LogP contribution in [0.1, 0.15) is 40.5 Å². The third kappa shape index (κ3) is 4.47. The van der Waals surface area contributed by atoms with Crippen molar-refractivity contribution in [2.75, 3.05) is 29.9 Å². The molecule has 8 nitrogen and oxygen atoms in total. The molecule has 0 spiro atoms. The summed E-state index contributed by atoms with van der Waals surface area (Å²) in [6.45, 7) is 3.46. The number of imide groups is 1. The lowest BCUT2D eigenvalue weighted by atomic mass is 10.1. The molecule has 9 heteroatoms. The second-order valence-corrected chi connectivity index (χ2v) is 7.98. The van der Waals surface area contributed by atoms with Gasteiger partial charge in [-0.05, 0) is 68.3 Å². The van der Waals surface area contributed by atoms with E-state index in [0.717, 1.165) is 30.8 Å². The Balaban J connectivity index is 1.48. The van der Waals surface area contributed by atoms with Crippen molar-refractivity contribution in [3.8, 4) is 0 Å². The molecule has 0 aliphatic carbocycles. The molecule has 33 heavy (non-hydrogen) atoms. The van der Waals surface area contributed by atoms with Gasteiger partial charge in [0.15, 0.2) is 0 Å². The Labute approximate surface area is 195 Å². The maximum absolute atomic E-state index is 12.9. The van der Waals surface area contributed by atoms with E-state index in [2.05, 4.69) is 5.32 Å². The van der Waals surface area contributed by atoms with Gasteiger partial charge >= 0.3 is 5.97 Å². The number of anilines is 2. The van der Waals surface area contributed by atoms with Crippen LogP contribution in [0.5, 0.6) is 0 Å². The Kier molecular flexibility index (Phi) is 6.46. The van der Waals surface area contributed by atoms with Gasteiger partial charge in [0.2, 0.25) is 0 Å². The SMILES string of the molecule is CCOC(=O)c1ccc(N2C(=O)C(Cl)=C(Nc3ccc(C(=O)N4CCCC4)cc3)C2=O)cc1. The molecule has 1 fully saturated rings. The molecule has 1 saturated heterocycles. The number of carbonyl (C=O) groups is 4. The number of rotatable bonds is 6. The van der Waals surface area contributed by atoms with Crippen molar-refractivity contribution in [3.05, 3.63) is 70.4 Å². The lowest BCUT2D eigenvalue weighted by molar-refractivity contribution is -0.120. The van der Waals surface area contributed by atoms with Crippen molar-refractivity contribution in [1.29, 1.82) is 0 Å². The van der Waals surface area contributed by atoms with E-state index in [1.807, 2.05) is 4.90 Å². The summed E-state index contributed by atoms with van der Waals surface area (Å²) in [6.07, 6.45) is 2.02. The first-order valence-corrected chi connectivity index (χ1v) is 11.0. The zero-order valence-electron chi connectivity index (χ0n) is 18.0. The molecule has 0 atom stereocenters. The van der Waals surface area contributed by atoms with E-state index >= 15 is 0 Å². The van der Waals surface area contributed by atoms with E-state index in [9.17, 15) is 19.2 Å². The highest BCUT2D eigenvalue weighted by Crippen LogP contribution is 2.30. The minimum atomic E-state index is -0.672. The Hall–Kier alpha value is -3.65. The Bertz CT molecular complexity index is 1140. The molecule has 2 aliphatic heterocycles. The fourth-order valence-corrected chi connectivity index (χ4v) is 3.96. The number of hydrogen-bond donors (Lipinski definition) is 1. The van der Waals surface area contributed by atoms with Crippen LogP contribution in [0.3, 0.4) is 0 Å². The molecule has 4 rings (SSSR count). The summed E-state index contributed by atoms with van der Waals surface area (Å²) >= 11 is 6.18. The zero-order chi connectivity index (χ0) is 23.5. The summed E-state index contributed by atoms with van der Waals surface area (Å²) in [4.78, 5) is 52.7. The average Bonchev–Trinajstić information content (AvgIpc) is 3.43. The van der Waals surface area contributed by atoms with Crippen LogP contribution in [0.2, 0.25) is 0 Å². The molecule has 0 radical (unpaired) electrons. The maximum atomic E-state index is 12.9. The van der Waals surface area contributed by atoms with Crippen LogP contribution >= 0.6 is 11.6 Å². The topological polar surface area (TPSA) is 96.0 Å². The van der Waals surface area contributed by atoms with Crippen molar-refractivity contribution in [1.82, 2.24) is 4.90 Å². The van der Waals surface area contributed by atoms with E-state index in [1.165, 1.54) is 24.3 Å².